The topological polar surface area (TPSA) is 133 Å². The molecule has 0 saturated heterocycles. The van der Waals surface area contributed by atoms with Gasteiger partial charge < -0.3 is 0 Å². The first-order chi connectivity index (χ1) is 8.67. The second-order valence-corrected chi connectivity index (χ2v) is 4.55. The van der Waals surface area contributed by atoms with Gasteiger partial charge in [0.2, 0.25) is 0 Å². The molecule has 104 valence electrons. The van der Waals surface area contributed by atoms with E-state index in [1.807, 2.05) is 0 Å². The molecule has 1 rings (SSSR count). The molecule has 0 aliphatic rings. The van der Waals surface area contributed by atoms with E-state index < -0.39 is 30.0 Å². The van der Waals surface area contributed by atoms with Crippen molar-refractivity contribution < 1.29 is 28.0 Å². The first-order valence-corrected chi connectivity index (χ1v) is 6.20. The van der Waals surface area contributed by atoms with Crippen molar-refractivity contribution in [3.63, 3.8) is 0 Å². The summed E-state index contributed by atoms with van der Waals surface area (Å²) in [5.41, 5.74) is 0.0735. The van der Waals surface area contributed by atoms with Gasteiger partial charge in [0, 0.05) is 0 Å². The molecule has 1 atom stereocenters. The van der Waals surface area contributed by atoms with Gasteiger partial charge in [-0.05, 0) is 5.56 Å². The second-order valence-electron chi connectivity index (χ2n) is 3.46. The molecule has 0 heterocycles. The summed E-state index contributed by atoms with van der Waals surface area (Å²) in [5.74, 6) is -3.56. The zero-order chi connectivity index (χ0) is 14.7. The Bertz CT molecular complexity index is 517. The monoisotopic (exact) mass is 294 g/mol. The molecule has 0 aliphatic heterocycles. The molecule has 1 N–H and O–H groups in total. The van der Waals surface area contributed by atoms with Gasteiger partial charge in [-0.2, -0.15) is 0 Å². The third-order valence-electron chi connectivity index (χ3n) is 2.11. The molecule has 0 radical (unpaired) electrons. The van der Waals surface area contributed by atoms with E-state index in [4.69, 9.17) is 4.89 Å². The molecule has 0 spiro atoms. The van der Waals surface area contributed by atoms with E-state index in [1.165, 1.54) is 24.3 Å². The molecular formula is C8H8FN2O7P. The van der Waals surface area contributed by atoms with Crippen LogP contribution in [0.2, 0.25) is 0 Å². The number of nitrogens with zero attached hydrogens (tertiary/aromatic N) is 2. The summed E-state index contributed by atoms with van der Waals surface area (Å²) in [6.45, 7) is 0. The smallest absolute Gasteiger partial charge is 0.299 e. The van der Waals surface area contributed by atoms with Crippen molar-refractivity contribution in [2.45, 2.75) is 12.3 Å². The van der Waals surface area contributed by atoms with Crippen LogP contribution in [0.4, 0.5) is 4.20 Å². The van der Waals surface area contributed by atoms with E-state index in [0.717, 1.165) is 0 Å². The van der Waals surface area contributed by atoms with Crippen LogP contribution >= 0.6 is 7.91 Å². The predicted molar refractivity (Wildman–Crippen MR) is 58.9 cm³/mol. The zero-order valence-electron chi connectivity index (χ0n) is 9.21. The van der Waals surface area contributed by atoms with Gasteiger partial charge in [0.25, 0.3) is 0 Å². The molecule has 9 nitrogen and oxygen atoms in total. The van der Waals surface area contributed by atoms with E-state index in [0.29, 0.717) is 0 Å². The highest BCUT2D eigenvalue weighted by Gasteiger charge is 2.63. The number of rotatable bonds is 6. The first-order valence-electron chi connectivity index (χ1n) is 4.73. The predicted octanol–water partition coefficient (Wildman–Crippen LogP) is 1.52. The van der Waals surface area contributed by atoms with Crippen molar-refractivity contribution >= 4 is 7.91 Å². The lowest BCUT2D eigenvalue weighted by molar-refractivity contribution is -0.840. The molecule has 11 heteroatoms. The van der Waals surface area contributed by atoms with Crippen LogP contribution in [0.15, 0.2) is 30.3 Å². The average Bonchev–Trinajstić information content (AvgIpc) is 2.27. The Balaban J connectivity index is 3.21. The maximum absolute atomic E-state index is 12.6. The van der Waals surface area contributed by atoms with E-state index >= 15 is 0 Å². The minimum atomic E-state index is -5.92. The molecule has 0 aliphatic carbocycles. The van der Waals surface area contributed by atoms with E-state index in [2.05, 4.69) is 4.52 Å². The number of halogens is 1. The summed E-state index contributed by atoms with van der Waals surface area (Å²) in [6, 6.07) is 7.02. The largest absolute Gasteiger partial charge is 0.591 e. The van der Waals surface area contributed by atoms with Crippen LogP contribution in [-0.4, -0.2) is 20.6 Å². The van der Waals surface area contributed by atoms with Crippen LogP contribution in [0.25, 0.3) is 0 Å². The summed E-state index contributed by atoms with van der Waals surface area (Å²) in [6.07, 6.45) is -0.998. The Morgan fingerprint density at radius 3 is 2.11 bits per heavy atom. The van der Waals surface area contributed by atoms with Gasteiger partial charge in [-0.15, -0.1) is 8.72 Å². The third-order valence-corrected chi connectivity index (χ3v) is 2.62. The minimum Gasteiger partial charge on any atom is -0.299 e. The molecule has 19 heavy (non-hydrogen) atoms. The van der Waals surface area contributed by atoms with E-state index in [-0.39, 0.29) is 5.56 Å². The third kappa shape index (κ3) is 3.78. The molecule has 0 saturated carbocycles. The zero-order valence-corrected chi connectivity index (χ0v) is 10.1. The highest BCUT2D eigenvalue weighted by molar-refractivity contribution is 7.46. The SMILES string of the molecule is O=[N+]([O-])C(Cc1ccccc1)(OP(=O)(O)F)[N+](=O)[O-]. The number of benzene rings is 1. The number of nitro groups is 2. The Morgan fingerprint density at radius 2 is 1.74 bits per heavy atom. The molecule has 0 fully saturated rings. The maximum atomic E-state index is 12.6. The summed E-state index contributed by atoms with van der Waals surface area (Å²) in [4.78, 5) is 26.9. The highest BCUT2D eigenvalue weighted by atomic mass is 31.2. The summed E-state index contributed by atoms with van der Waals surface area (Å²) in [7, 11) is -5.92. The molecule has 0 bridgehead atoms. The average molecular weight is 294 g/mol. The Hall–Kier alpha value is -1.90. The van der Waals surface area contributed by atoms with Crippen molar-refractivity contribution in [2.24, 2.45) is 0 Å². The fourth-order valence-electron chi connectivity index (χ4n) is 1.34. The molecule has 1 aromatic rings. The highest BCUT2D eigenvalue weighted by Crippen LogP contribution is 2.48. The van der Waals surface area contributed by atoms with Gasteiger partial charge in [0.1, 0.15) is 16.3 Å². The quantitative estimate of drug-likeness (QED) is 0.364. The van der Waals surface area contributed by atoms with Crippen LogP contribution in [0.1, 0.15) is 5.56 Å². The van der Waals surface area contributed by atoms with Gasteiger partial charge in [-0.25, -0.2) is 4.57 Å². The fraction of sp³-hybridized carbons (Fsp3) is 0.250. The van der Waals surface area contributed by atoms with Crippen molar-refractivity contribution in [1.29, 1.82) is 0 Å². The lowest BCUT2D eigenvalue weighted by Gasteiger charge is -2.16. The van der Waals surface area contributed by atoms with Crippen molar-refractivity contribution in [2.75, 3.05) is 0 Å². The van der Waals surface area contributed by atoms with Crippen LogP contribution in [0, 0.1) is 20.2 Å². The summed E-state index contributed by atoms with van der Waals surface area (Å²) in [5, 5.41) is 21.6. The number of hydrogen-bond acceptors (Lipinski definition) is 6. The molecule has 1 unspecified atom stereocenters. The lowest BCUT2D eigenvalue weighted by atomic mass is 10.1. The second kappa shape index (κ2) is 5.39. The first kappa shape index (κ1) is 15.2. The minimum absolute atomic E-state index is 0.0735. The Labute approximate surface area is 105 Å². The normalized spacial score (nSPS) is 14.6. The van der Waals surface area contributed by atoms with Crippen LogP contribution in [-0.2, 0) is 15.5 Å². The maximum Gasteiger partial charge on any atom is 0.591 e. The van der Waals surface area contributed by atoms with Crippen molar-refractivity contribution in [1.82, 2.24) is 0 Å². The fourth-order valence-corrected chi connectivity index (χ4v) is 1.90. The molecule has 0 amide bonds. The van der Waals surface area contributed by atoms with Gasteiger partial charge in [0.05, 0.1) is 0 Å². The van der Waals surface area contributed by atoms with Crippen LogP contribution < -0.4 is 0 Å². The summed E-state index contributed by atoms with van der Waals surface area (Å²) < 4.78 is 26.7. The van der Waals surface area contributed by atoms with Gasteiger partial charge in [-0.1, -0.05) is 30.3 Å². The van der Waals surface area contributed by atoms with E-state index in [9.17, 15) is 29.0 Å². The summed E-state index contributed by atoms with van der Waals surface area (Å²) >= 11 is 0. The Kier molecular flexibility index (Phi) is 4.30. The van der Waals surface area contributed by atoms with Crippen molar-refractivity contribution in [3.05, 3.63) is 56.1 Å². The van der Waals surface area contributed by atoms with Crippen LogP contribution in [0.3, 0.4) is 0 Å². The van der Waals surface area contributed by atoms with Crippen molar-refractivity contribution in [3.8, 4) is 0 Å². The van der Waals surface area contributed by atoms with Gasteiger partial charge in [-0.3, -0.25) is 25.1 Å². The molecular weight excluding hydrogens is 286 g/mol. The van der Waals surface area contributed by atoms with Gasteiger partial charge >= 0.3 is 13.8 Å². The Morgan fingerprint density at radius 1 is 1.26 bits per heavy atom. The van der Waals surface area contributed by atoms with Crippen LogP contribution in [0.5, 0.6) is 0 Å². The van der Waals surface area contributed by atoms with Gasteiger partial charge in [0.15, 0.2) is 0 Å². The van der Waals surface area contributed by atoms with E-state index in [1.54, 1.807) is 6.07 Å². The number of hydrogen-bond donors (Lipinski definition) is 1. The standard InChI is InChI=1S/C8H8FN2O7P/c9-19(16,17)18-8(10(12)13,11(14)15)6-7-4-2-1-3-5-7/h1-5H,6H2,(H,16,17). The molecule has 1 aromatic carbocycles. The lowest BCUT2D eigenvalue weighted by Crippen LogP contribution is -2.49. The molecule has 0 aromatic heterocycles.